The Morgan fingerprint density at radius 2 is 1.96 bits per heavy atom. The molecule has 0 bridgehead atoms. The molecule has 1 atom stereocenters. The Morgan fingerprint density at radius 3 is 2.74 bits per heavy atom. The Bertz CT molecular complexity index is 910. The number of halogens is 1. The van der Waals surface area contributed by atoms with Gasteiger partial charge in [-0.25, -0.2) is 14.4 Å². The van der Waals surface area contributed by atoms with Crippen molar-refractivity contribution in [1.82, 2.24) is 24.4 Å². The van der Waals surface area contributed by atoms with E-state index in [1.165, 1.54) is 12.1 Å². The molecule has 3 heterocycles. The van der Waals surface area contributed by atoms with Crippen molar-refractivity contribution in [1.29, 1.82) is 0 Å². The van der Waals surface area contributed by atoms with Gasteiger partial charge in [0.1, 0.15) is 12.1 Å². The third kappa shape index (κ3) is 3.86. The molecule has 7 heteroatoms. The van der Waals surface area contributed by atoms with Crippen molar-refractivity contribution >= 4 is 5.91 Å². The van der Waals surface area contributed by atoms with E-state index >= 15 is 0 Å². The fourth-order valence-corrected chi connectivity index (χ4v) is 3.53. The first-order chi connectivity index (χ1) is 13.2. The molecule has 1 aliphatic heterocycles. The van der Waals surface area contributed by atoms with Crippen LogP contribution < -0.4 is 0 Å². The monoisotopic (exact) mass is 365 g/mol. The van der Waals surface area contributed by atoms with Gasteiger partial charge in [-0.2, -0.15) is 0 Å². The van der Waals surface area contributed by atoms with Gasteiger partial charge in [-0.05, 0) is 30.5 Å². The van der Waals surface area contributed by atoms with E-state index in [1.54, 1.807) is 37.1 Å². The Labute approximate surface area is 156 Å². The summed E-state index contributed by atoms with van der Waals surface area (Å²) in [6, 6.07) is 6.10. The molecule has 2 aromatic heterocycles. The molecule has 1 aromatic carbocycles. The quantitative estimate of drug-likeness (QED) is 0.713. The normalized spacial score (nSPS) is 17.1. The predicted octanol–water partition coefficient (Wildman–Crippen LogP) is 2.75. The Balaban J connectivity index is 1.50. The minimum atomic E-state index is -0.293. The van der Waals surface area contributed by atoms with Crippen LogP contribution in [0.2, 0.25) is 0 Å². The first-order valence-corrected chi connectivity index (χ1v) is 9.02. The number of benzene rings is 1. The van der Waals surface area contributed by atoms with Gasteiger partial charge >= 0.3 is 0 Å². The topological polar surface area (TPSA) is 63.9 Å². The van der Waals surface area contributed by atoms with Crippen molar-refractivity contribution in [3.63, 3.8) is 0 Å². The lowest BCUT2D eigenvalue weighted by Gasteiger charge is -2.33. The van der Waals surface area contributed by atoms with Gasteiger partial charge in [0.05, 0.1) is 12.1 Å². The van der Waals surface area contributed by atoms with E-state index in [0.29, 0.717) is 6.54 Å². The first-order valence-electron chi connectivity index (χ1n) is 9.02. The van der Waals surface area contributed by atoms with Crippen LogP contribution in [-0.4, -0.2) is 43.4 Å². The Kier molecular flexibility index (Phi) is 4.91. The van der Waals surface area contributed by atoms with E-state index < -0.39 is 0 Å². The van der Waals surface area contributed by atoms with Crippen molar-refractivity contribution in [2.24, 2.45) is 0 Å². The third-order valence-electron chi connectivity index (χ3n) is 4.88. The number of carbonyl (C=O) groups is 1. The maximum atomic E-state index is 13.1. The maximum absolute atomic E-state index is 13.1. The highest BCUT2D eigenvalue weighted by atomic mass is 19.1. The molecule has 27 heavy (non-hydrogen) atoms. The highest BCUT2D eigenvalue weighted by Gasteiger charge is 2.28. The number of amides is 1. The number of likely N-dealkylation sites (tertiary alicyclic amines) is 1. The van der Waals surface area contributed by atoms with Crippen molar-refractivity contribution in [2.45, 2.75) is 25.2 Å². The molecule has 6 nitrogen and oxygen atoms in total. The van der Waals surface area contributed by atoms with Crippen LogP contribution in [0.25, 0.3) is 5.82 Å². The largest absolute Gasteiger partial charge is 0.342 e. The molecule has 4 rings (SSSR count). The van der Waals surface area contributed by atoms with Gasteiger partial charge in [0.25, 0.3) is 0 Å². The maximum Gasteiger partial charge on any atom is 0.227 e. The second-order valence-corrected chi connectivity index (χ2v) is 6.72. The van der Waals surface area contributed by atoms with Crippen LogP contribution in [-0.2, 0) is 11.2 Å². The van der Waals surface area contributed by atoms with Crippen molar-refractivity contribution in [3.05, 3.63) is 72.5 Å². The van der Waals surface area contributed by atoms with E-state index in [4.69, 9.17) is 0 Å². The molecular weight excluding hydrogens is 345 g/mol. The van der Waals surface area contributed by atoms with E-state index in [1.807, 2.05) is 15.7 Å². The zero-order valence-corrected chi connectivity index (χ0v) is 14.8. The third-order valence-corrected chi connectivity index (χ3v) is 4.88. The van der Waals surface area contributed by atoms with Crippen molar-refractivity contribution in [2.75, 3.05) is 13.1 Å². The van der Waals surface area contributed by atoms with Crippen molar-refractivity contribution < 1.29 is 9.18 Å². The fraction of sp³-hybridized carbons (Fsp3) is 0.300. The average molecular weight is 365 g/mol. The van der Waals surface area contributed by atoms with Crippen LogP contribution in [0.5, 0.6) is 0 Å². The lowest BCUT2D eigenvalue weighted by atomic mass is 9.93. The Morgan fingerprint density at radius 1 is 1.15 bits per heavy atom. The van der Waals surface area contributed by atoms with Gasteiger partial charge in [-0.3, -0.25) is 14.3 Å². The summed E-state index contributed by atoms with van der Waals surface area (Å²) >= 11 is 0. The molecular formula is C20H20FN5O. The molecule has 0 spiro atoms. The number of rotatable bonds is 4. The molecule has 1 saturated heterocycles. The predicted molar refractivity (Wildman–Crippen MR) is 97.8 cm³/mol. The summed E-state index contributed by atoms with van der Waals surface area (Å²) in [6.45, 7) is 1.34. The number of aromatic nitrogens is 4. The highest BCUT2D eigenvalue weighted by Crippen LogP contribution is 2.29. The molecule has 0 N–H and O–H groups in total. The minimum absolute atomic E-state index is 0.0550. The van der Waals surface area contributed by atoms with E-state index in [2.05, 4.69) is 15.0 Å². The summed E-state index contributed by atoms with van der Waals surface area (Å²) in [5.74, 6) is 0.646. The standard InChI is InChI=1S/C20H20FN5O/c21-17-5-3-15(4-6-17)12-18(27)25-10-1-2-16(13-25)19-20(24-8-7-23-19)26-11-9-22-14-26/h3-9,11,14,16H,1-2,10,12-13H2. The molecule has 0 radical (unpaired) electrons. The number of hydrogen-bond acceptors (Lipinski definition) is 4. The zero-order chi connectivity index (χ0) is 18.6. The smallest absolute Gasteiger partial charge is 0.227 e. The van der Waals surface area contributed by atoms with Gasteiger partial charge < -0.3 is 4.90 Å². The van der Waals surface area contributed by atoms with E-state index in [9.17, 15) is 9.18 Å². The SMILES string of the molecule is O=C(Cc1ccc(F)cc1)N1CCCC(c2nccnc2-n2ccnc2)C1. The number of carbonyl (C=O) groups excluding carboxylic acids is 1. The molecule has 1 amide bonds. The van der Waals surface area contributed by atoms with Crippen molar-refractivity contribution in [3.8, 4) is 5.82 Å². The molecule has 1 fully saturated rings. The van der Waals surface area contributed by atoms with Gasteiger partial charge in [0.2, 0.25) is 5.91 Å². The summed E-state index contributed by atoms with van der Waals surface area (Å²) in [5.41, 5.74) is 1.71. The molecule has 138 valence electrons. The number of piperidine rings is 1. The van der Waals surface area contributed by atoms with E-state index in [0.717, 1.165) is 36.5 Å². The summed E-state index contributed by atoms with van der Waals surface area (Å²) < 4.78 is 14.9. The molecule has 1 unspecified atom stereocenters. The van der Waals surface area contributed by atoms with Gasteiger partial charge in [0.15, 0.2) is 5.82 Å². The van der Waals surface area contributed by atoms with Crippen LogP contribution >= 0.6 is 0 Å². The lowest BCUT2D eigenvalue weighted by Crippen LogP contribution is -2.40. The summed E-state index contributed by atoms with van der Waals surface area (Å²) in [7, 11) is 0. The van der Waals surface area contributed by atoms with Gasteiger partial charge in [0, 0.05) is 43.8 Å². The molecule has 0 saturated carbocycles. The number of hydrogen-bond donors (Lipinski definition) is 0. The summed E-state index contributed by atoms with van der Waals surface area (Å²) in [4.78, 5) is 27.7. The molecule has 0 aliphatic carbocycles. The Hall–Kier alpha value is -3.09. The average Bonchev–Trinajstić information content (AvgIpc) is 3.24. The first kappa shape index (κ1) is 17.3. The summed E-state index contributed by atoms with van der Waals surface area (Å²) in [5, 5.41) is 0. The van der Waals surface area contributed by atoms with Gasteiger partial charge in [-0.1, -0.05) is 12.1 Å². The van der Waals surface area contributed by atoms with Crippen LogP contribution in [0.1, 0.15) is 30.0 Å². The second kappa shape index (κ2) is 7.65. The lowest BCUT2D eigenvalue weighted by molar-refractivity contribution is -0.131. The second-order valence-electron chi connectivity index (χ2n) is 6.72. The van der Waals surface area contributed by atoms with Crippen LogP contribution in [0.15, 0.2) is 55.4 Å². The van der Waals surface area contributed by atoms with Crippen LogP contribution in [0.4, 0.5) is 4.39 Å². The number of imidazole rings is 1. The van der Waals surface area contributed by atoms with Crippen LogP contribution in [0, 0.1) is 5.82 Å². The van der Waals surface area contributed by atoms with Gasteiger partial charge in [-0.15, -0.1) is 0 Å². The zero-order valence-electron chi connectivity index (χ0n) is 14.8. The molecule has 3 aromatic rings. The molecule has 1 aliphatic rings. The van der Waals surface area contributed by atoms with Crippen LogP contribution in [0.3, 0.4) is 0 Å². The fourth-order valence-electron chi connectivity index (χ4n) is 3.53. The summed E-state index contributed by atoms with van der Waals surface area (Å²) in [6.07, 6.45) is 10.8. The van der Waals surface area contributed by atoms with E-state index in [-0.39, 0.29) is 24.1 Å². The highest BCUT2D eigenvalue weighted by molar-refractivity contribution is 5.79. The number of nitrogens with zero attached hydrogens (tertiary/aromatic N) is 5. The minimum Gasteiger partial charge on any atom is -0.342 e.